The van der Waals surface area contributed by atoms with E-state index in [1.54, 1.807) is 0 Å². The highest BCUT2D eigenvalue weighted by molar-refractivity contribution is 5.76. The van der Waals surface area contributed by atoms with Gasteiger partial charge in [-0.05, 0) is 25.7 Å². The minimum Gasteiger partial charge on any atom is -0.466 e. The maximum Gasteiger partial charge on any atom is 0.305 e. The molecule has 3 N–H and O–H groups in total. The van der Waals surface area contributed by atoms with Crippen LogP contribution in [-0.4, -0.2) is 47.4 Å². The van der Waals surface area contributed by atoms with Gasteiger partial charge in [0.1, 0.15) is 0 Å². The number of aliphatic hydroxyl groups is 2. The number of amides is 1. The third-order valence-electron chi connectivity index (χ3n) is 16.7. The molecule has 0 bridgehead atoms. The summed E-state index contributed by atoms with van der Waals surface area (Å²) in [6, 6.07) is -0.537. The molecule has 75 heavy (non-hydrogen) atoms. The van der Waals surface area contributed by atoms with Gasteiger partial charge in [0.05, 0.1) is 25.4 Å². The Hall–Kier alpha value is -1.14. The summed E-state index contributed by atoms with van der Waals surface area (Å²) in [6.45, 7) is 5.00. The molecule has 0 aromatic rings. The quantitative estimate of drug-likeness (QED) is 0.0417. The minimum atomic E-state index is -0.660. The first-order valence-electron chi connectivity index (χ1n) is 34.8. The van der Waals surface area contributed by atoms with Crippen molar-refractivity contribution in [2.45, 2.75) is 418 Å². The van der Waals surface area contributed by atoms with Gasteiger partial charge in [0.25, 0.3) is 0 Å². The summed E-state index contributed by atoms with van der Waals surface area (Å²) in [5.41, 5.74) is 0. The van der Waals surface area contributed by atoms with Crippen LogP contribution in [-0.2, 0) is 14.3 Å². The number of hydrogen-bond donors (Lipinski definition) is 3. The lowest BCUT2D eigenvalue weighted by Crippen LogP contribution is -2.45. The Labute approximate surface area is 470 Å². The standard InChI is InChI=1S/C69H137NO5/c1-3-5-7-9-11-13-15-17-18-35-39-43-47-51-55-59-63-69(74)75-64-60-56-52-48-44-40-36-33-31-29-27-25-23-21-19-20-22-24-26-28-30-32-34-38-42-46-50-54-58-62-68(73)70-66(65-71)67(72)61-57-53-49-45-41-37-16-14-12-10-8-6-4-2/h66-67,71-72H,3-65H2,1-2H3,(H,70,73). The lowest BCUT2D eigenvalue weighted by Gasteiger charge is -2.22. The first-order valence-corrected chi connectivity index (χ1v) is 34.8. The van der Waals surface area contributed by atoms with Gasteiger partial charge < -0.3 is 20.3 Å². The summed E-state index contributed by atoms with van der Waals surface area (Å²) in [5.74, 6) is -0.00455. The first-order chi connectivity index (χ1) is 37.0. The van der Waals surface area contributed by atoms with Gasteiger partial charge in [-0.3, -0.25) is 9.59 Å². The number of ether oxygens (including phenoxy) is 1. The van der Waals surface area contributed by atoms with Crippen LogP contribution in [0.2, 0.25) is 0 Å². The maximum absolute atomic E-state index is 12.5. The van der Waals surface area contributed by atoms with Crippen LogP contribution in [0.4, 0.5) is 0 Å². The van der Waals surface area contributed by atoms with Crippen LogP contribution in [0.3, 0.4) is 0 Å². The van der Waals surface area contributed by atoms with Crippen molar-refractivity contribution < 1.29 is 24.5 Å². The van der Waals surface area contributed by atoms with Gasteiger partial charge >= 0.3 is 5.97 Å². The predicted octanol–water partition coefficient (Wildman–Crippen LogP) is 22.2. The molecule has 0 rings (SSSR count). The van der Waals surface area contributed by atoms with E-state index in [0.29, 0.717) is 25.9 Å². The fourth-order valence-electron chi connectivity index (χ4n) is 11.4. The number of nitrogens with one attached hydrogen (secondary N) is 1. The Morgan fingerprint density at radius 1 is 0.320 bits per heavy atom. The molecule has 0 aromatic heterocycles. The monoisotopic (exact) mass is 1060 g/mol. The van der Waals surface area contributed by atoms with E-state index in [2.05, 4.69) is 19.2 Å². The molecule has 6 nitrogen and oxygen atoms in total. The average molecular weight is 1060 g/mol. The third-order valence-corrected chi connectivity index (χ3v) is 16.7. The van der Waals surface area contributed by atoms with Crippen molar-refractivity contribution in [3.05, 3.63) is 0 Å². The van der Waals surface area contributed by atoms with Gasteiger partial charge in [0.15, 0.2) is 0 Å². The minimum absolute atomic E-state index is 0.0241. The largest absolute Gasteiger partial charge is 0.466 e. The molecule has 6 heteroatoms. The molecule has 0 radical (unpaired) electrons. The van der Waals surface area contributed by atoms with Gasteiger partial charge in [-0.15, -0.1) is 0 Å². The van der Waals surface area contributed by atoms with E-state index >= 15 is 0 Å². The van der Waals surface area contributed by atoms with E-state index in [4.69, 9.17) is 4.74 Å². The molecule has 0 spiro atoms. The second-order valence-electron chi connectivity index (χ2n) is 24.2. The Morgan fingerprint density at radius 2 is 0.547 bits per heavy atom. The van der Waals surface area contributed by atoms with E-state index in [0.717, 1.165) is 38.5 Å². The zero-order valence-corrected chi connectivity index (χ0v) is 51.3. The van der Waals surface area contributed by atoms with E-state index < -0.39 is 12.1 Å². The molecule has 0 aromatic carbocycles. The second kappa shape index (κ2) is 65.4. The van der Waals surface area contributed by atoms with Gasteiger partial charge in [-0.1, -0.05) is 367 Å². The highest BCUT2D eigenvalue weighted by Crippen LogP contribution is 2.19. The number of rotatable bonds is 66. The summed E-state index contributed by atoms with van der Waals surface area (Å²) in [4.78, 5) is 24.6. The topological polar surface area (TPSA) is 95.9 Å². The highest BCUT2D eigenvalue weighted by atomic mass is 16.5. The van der Waals surface area contributed by atoms with Gasteiger partial charge in [-0.2, -0.15) is 0 Å². The Kier molecular flexibility index (Phi) is 64.4. The van der Waals surface area contributed by atoms with E-state index in [1.807, 2.05) is 0 Å². The van der Waals surface area contributed by atoms with Crippen LogP contribution in [0.5, 0.6) is 0 Å². The number of unbranched alkanes of at least 4 members (excludes halogenated alkanes) is 55. The molecule has 2 unspecified atom stereocenters. The zero-order chi connectivity index (χ0) is 54.3. The number of carbonyl (C=O) groups excluding carboxylic acids is 2. The molecule has 0 heterocycles. The summed E-state index contributed by atoms with van der Waals surface area (Å²) in [6.07, 6.45) is 78.7. The fraction of sp³-hybridized carbons (Fsp3) is 0.971. The average Bonchev–Trinajstić information content (AvgIpc) is 3.41. The molecular formula is C69H137NO5. The van der Waals surface area contributed by atoms with Crippen molar-refractivity contribution >= 4 is 11.9 Å². The SMILES string of the molecule is CCCCCCCCCCCCCCCCCCC(=O)OCCCCCCCCCCCCCCCCCCCCCCCCCCCCCCCC(=O)NC(CO)C(O)CCCCCCCCCCCCCCC. The molecule has 0 aliphatic heterocycles. The van der Waals surface area contributed by atoms with Crippen molar-refractivity contribution in [1.29, 1.82) is 0 Å². The Bertz CT molecular complexity index is 1080. The van der Waals surface area contributed by atoms with Gasteiger partial charge in [0, 0.05) is 12.8 Å². The molecule has 2 atom stereocenters. The van der Waals surface area contributed by atoms with Crippen LogP contribution in [0.25, 0.3) is 0 Å². The van der Waals surface area contributed by atoms with E-state index in [9.17, 15) is 19.8 Å². The van der Waals surface area contributed by atoms with Crippen LogP contribution >= 0.6 is 0 Å². The zero-order valence-electron chi connectivity index (χ0n) is 51.3. The molecule has 448 valence electrons. The third kappa shape index (κ3) is 61.9. The summed E-state index contributed by atoms with van der Waals surface area (Å²) in [7, 11) is 0. The van der Waals surface area contributed by atoms with Gasteiger partial charge in [0.2, 0.25) is 5.91 Å². The van der Waals surface area contributed by atoms with Crippen molar-refractivity contribution in [2.75, 3.05) is 13.2 Å². The van der Waals surface area contributed by atoms with Crippen molar-refractivity contribution in [3.63, 3.8) is 0 Å². The normalized spacial score (nSPS) is 12.4. The maximum atomic E-state index is 12.5. The van der Waals surface area contributed by atoms with Gasteiger partial charge in [-0.25, -0.2) is 0 Å². The molecule has 0 aliphatic carbocycles. The number of carbonyl (C=O) groups is 2. The van der Waals surface area contributed by atoms with E-state index in [-0.39, 0.29) is 18.5 Å². The lowest BCUT2D eigenvalue weighted by molar-refractivity contribution is -0.143. The Balaban J connectivity index is 3.30. The molecule has 1 amide bonds. The predicted molar refractivity (Wildman–Crippen MR) is 329 cm³/mol. The lowest BCUT2D eigenvalue weighted by atomic mass is 10.0. The van der Waals surface area contributed by atoms with Crippen molar-refractivity contribution in [2.24, 2.45) is 0 Å². The van der Waals surface area contributed by atoms with Crippen molar-refractivity contribution in [1.82, 2.24) is 5.32 Å². The molecule has 0 saturated heterocycles. The molecule has 0 saturated carbocycles. The van der Waals surface area contributed by atoms with Crippen LogP contribution < -0.4 is 5.32 Å². The number of aliphatic hydroxyl groups excluding tert-OH is 2. The molecular weight excluding hydrogens is 923 g/mol. The molecule has 0 aliphatic rings. The first kappa shape index (κ1) is 73.9. The van der Waals surface area contributed by atoms with E-state index in [1.165, 1.54) is 334 Å². The Morgan fingerprint density at radius 3 is 0.813 bits per heavy atom. The number of hydrogen-bond acceptors (Lipinski definition) is 5. The van der Waals surface area contributed by atoms with Crippen LogP contribution in [0, 0.1) is 0 Å². The second-order valence-corrected chi connectivity index (χ2v) is 24.2. The summed E-state index contributed by atoms with van der Waals surface area (Å²) in [5, 5.41) is 23.3. The summed E-state index contributed by atoms with van der Waals surface area (Å²) < 4.78 is 5.51. The smallest absolute Gasteiger partial charge is 0.305 e. The van der Waals surface area contributed by atoms with Crippen molar-refractivity contribution in [3.8, 4) is 0 Å². The summed E-state index contributed by atoms with van der Waals surface area (Å²) >= 11 is 0. The highest BCUT2D eigenvalue weighted by Gasteiger charge is 2.20. The van der Waals surface area contributed by atoms with Crippen LogP contribution in [0.15, 0.2) is 0 Å². The fourth-order valence-corrected chi connectivity index (χ4v) is 11.4. The number of esters is 1. The molecule has 0 fully saturated rings. The van der Waals surface area contributed by atoms with Crippen LogP contribution in [0.1, 0.15) is 406 Å².